The standard InChI is InChI=1S/C12H9BrN2O5S/c1-2-14-11(17)9(21-12(14)18)4-6-3-7(15(19)20)5-8(13)10(6)16/h3-5,16H,2H2,1H3/b9-4+. The van der Waals surface area contributed by atoms with Crippen LogP contribution >= 0.6 is 27.7 Å². The zero-order chi connectivity index (χ0) is 15.7. The van der Waals surface area contributed by atoms with Gasteiger partial charge in [0.15, 0.2) is 0 Å². The van der Waals surface area contributed by atoms with Crippen molar-refractivity contribution in [2.45, 2.75) is 6.92 Å². The van der Waals surface area contributed by atoms with Crippen LogP contribution in [0.25, 0.3) is 6.08 Å². The van der Waals surface area contributed by atoms with Crippen LogP contribution in [0.1, 0.15) is 12.5 Å². The van der Waals surface area contributed by atoms with Gasteiger partial charge in [0.25, 0.3) is 16.8 Å². The van der Waals surface area contributed by atoms with Crippen molar-refractivity contribution in [3.63, 3.8) is 0 Å². The third kappa shape index (κ3) is 2.93. The highest BCUT2D eigenvalue weighted by Gasteiger charge is 2.34. The molecule has 1 saturated heterocycles. The molecule has 0 spiro atoms. The smallest absolute Gasteiger partial charge is 0.293 e. The van der Waals surface area contributed by atoms with Crippen molar-refractivity contribution >= 4 is 50.6 Å². The third-order valence-corrected chi connectivity index (χ3v) is 4.28. The molecule has 1 aliphatic heterocycles. The molecule has 9 heteroatoms. The van der Waals surface area contributed by atoms with Gasteiger partial charge in [-0.3, -0.25) is 24.6 Å². The van der Waals surface area contributed by atoms with E-state index in [9.17, 15) is 24.8 Å². The molecule has 1 aliphatic rings. The summed E-state index contributed by atoms with van der Waals surface area (Å²) in [5, 5.41) is 20.3. The number of benzene rings is 1. The summed E-state index contributed by atoms with van der Waals surface area (Å²) in [6, 6.07) is 2.30. The lowest BCUT2D eigenvalue weighted by molar-refractivity contribution is -0.385. The Kier molecular flexibility index (Phi) is 4.33. The molecule has 2 rings (SSSR count). The molecule has 21 heavy (non-hydrogen) atoms. The van der Waals surface area contributed by atoms with Gasteiger partial charge in [-0.25, -0.2) is 0 Å². The lowest BCUT2D eigenvalue weighted by Crippen LogP contribution is -2.27. The van der Waals surface area contributed by atoms with Crippen LogP contribution in [-0.2, 0) is 4.79 Å². The molecule has 1 aromatic rings. The minimum Gasteiger partial charge on any atom is -0.506 e. The number of non-ortho nitro benzene ring substituents is 1. The second-order valence-corrected chi connectivity index (χ2v) is 5.90. The van der Waals surface area contributed by atoms with Gasteiger partial charge in [-0.2, -0.15) is 0 Å². The summed E-state index contributed by atoms with van der Waals surface area (Å²) < 4.78 is 0.137. The summed E-state index contributed by atoms with van der Waals surface area (Å²) in [5.41, 5.74) is -0.140. The number of nitrogens with zero attached hydrogens (tertiary/aromatic N) is 2. The van der Waals surface area contributed by atoms with Crippen molar-refractivity contribution in [3.8, 4) is 5.75 Å². The number of phenolic OH excluding ortho intramolecular Hbond substituents is 1. The second-order valence-electron chi connectivity index (χ2n) is 4.05. The zero-order valence-corrected chi connectivity index (χ0v) is 13.1. The average molecular weight is 373 g/mol. The van der Waals surface area contributed by atoms with Crippen molar-refractivity contribution < 1.29 is 19.6 Å². The molecule has 0 aromatic heterocycles. The van der Waals surface area contributed by atoms with Crippen LogP contribution in [0.15, 0.2) is 21.5 Å². The molecule has 0 radical (unpaired) electrons. The van der Waals surface area contributed by atoms with Crippen LogP contribution in [0.2, 0.25) is 0 Å². The lowest BCUT2D eigenvalue weighted by Gasteiger charge is -2.07. The van der Waals surface area contributed by atoms with Crippen molar-refractivity contribution in [3.05, 3.63) is 37.2 Å². The van der Waals surface area contributed by atoms with Crippen molar-refractivity contribution in [1.82, 2.24) is 4.90 Å². The molecule has 1 fully saturated rings. The van der Waals surface area contributed by atoms with Crippen LogP contribution in [0.5, 0.6) is 5.75 Å². The summed E-state index contributed by atoms with van der Waals surface area (Å²) in [7, 11) is 0. The Balaban J connectivity index is 2.48. The van der Waals surface area contributed by atoms with E-state index in [1.54, 1.807) is 6.92 Å². The summed E-state index contributed by atoms with van der Waals surface area (Å²) >= 11 is 3.75. The van der Waals surface area contributed by atoms with Crippen molar-refractivity contribution in [2.75, 3.05) is 6.54 Å². The molecular weight excluding hydrogens is 364 g/mol. The maximum atomic E-state index is 12.0. The molecule has 1 heterocycles. The van der Waals surface area contributed by atoms with Crippen molar-refractivity contribution in [1.29, 1.82) is 0 Å². The number of carbonyl (C=O) groups excluding carboxylic acids is 2. The number of nitro benzene ring substituents is 1. The molecule has 7 nitrogen and oxygen atoms in total. The fourth-order valence-electron chi connectivity index (χ4n) is 1.73. The van der Waals surface area contributed by atoms with Gasteiger partial charge in [0.1, 0.15) is 5.75 Å². The molecule has 0 bridgehead atoms. The van der Waals surface area contributed by atoms with E-state index in [0.29, 0.717) is 0 Å². The minimum atomic E-state index is -0.612. The van der Waals surface area contributed by atoms with Gasteiger partial charge in [0, 0.05) is 24.2 Å². The predicted octanol–water partition coefficient (Wildman–Crippen LogP) is 3.12. The molecule has 1 N–H and O–H groups in total. The summed E-state index contributed by atoms with van der Waals surface area (Å²) in [6.45, 7) is 1.91. The molecular formula is C12H9BrN2O5S. The van der Waals surface area contributed by atoms with E-state index < -0.39 is 16.1 Å². The molecule has 110 valence electrons. The number of carbonyl (C=O) groups is 2. The zero-order valence-electron chi connectivity index (χ0n) is 10.7. The van der Waals surface area contributed by atoms with E-state index in [1.807, 2.05) is 0 Å². The summed E-state index contributed by atoms with van der Waals surface area (Å²) in [6.07, 6.45) is 1.27. The van der Waals surface area contributed by atoms with Gasteiger partial charge in [0.2, 0.25) is 0 Å². The fraction of sp³-hybridized carbons (Fsp3) is 0.167. The predicted molar refractivity (Wildman–Crippen MR) is 80.8 cm³/mol. The van der Waals surface area contributed by atoms with E-state index in [-0.39, 0.29) is 32.9 Å². The molecule has 2 amide bonds. The molecule has 0 unspecified atom stereocenters. The van der Waals surface area contributed by atoms with Crippen molar-refractivity contribution in [2.24, 2.45) is 0 Å². The first kappa shape index (κ1) is 15.5. The number of thioether (sulfide) groups is 1. The second kappa shape index (κ2) is 5.86. The number of aromatic hydroxyl groups is 1. The largest absolute Gasteiger partial charge is 0.506 e. The highest BCUT2D eigenvalue weighted by atomic mass is 79.9. The average Bonchev–Trinajstić information content (AvgIpc) is 2.68. The fourth-order valence-corrected chi connectivity index (χ4v) is 3.09. The van der Waals surface area contributed by atoms with Gasteiger partial charge in [-0.1, -0.05) is 0 Å². The Hall–Kier alpha value is -1.87. The van der Waals surface area contributed by atoms with Crippen LogP contribution in [0.3, 0.4) is 0 Å². The van der Waals surface area contributed by atoms with E-state index in [0.717, 1.165) is 28.8 Å². The maximum absolute atomic E-state index is 12.0. The van der Waals surface area contributed by atoms with Gasteiger partial charge in [-0.05, 0) is 40.7 Å². The monoisotopic (exact) mass is 372 g/mol. The van der Waals surface area contributed by atoms with E-state index in [4.69, 9.17) is 0 Å². The van der Waals surface area contributed by atoms with Gasteiger partial charge >= 0.3 is 0 Å². The van der Waals surface area contributed by atoms with Crippen LogP contribution in [0, 0.1) is 10.1 Å². The molecule has 1 aromatic carbocycles. The number of hydrogen-bond donors (Lipinski definition) is 1. The SMILES string of the molecule is CCN1C(=O)S/C(=C/c2cc([N+](=O)[O-])cc(Br)c2O)C1=O. The highest BCUT2D eigenvalue weighted by Crippen LogP contribution is 2.37. The highest BCUT2D eigenvalue weighted by molar-refractivity contribution is 9.10. The Bertz CT molecular complexity index is 688. The quantitative estimate of drug-likeness (QED) is 0.496. The van der Waals surface area contributed by atoms with Gasteiger partial charge in [0.05, 0.1) is 14.3 Å². The summed E-state index contributed by atoms with van der Waals surface area (Å²) in [4.78, 5) is 34.9. The Morgan fingerprint density at radius 2 is 2.14 bits per heavy atom. The van der Waals surface area contributed by atoms with Gasteiger partial charge < -0.3 is 5.11 Å². The maximum Gasteiger partial charge on any atom is 0.293 e. The van der Waals surface area contributed by atoms with E-state index in [2.05, 4.69) is 15.9 Å². The normalized spacial score (nSPS) is 16.9. The Morgan fingerprint density at radius 3 is 2.67 bits per heavy atom. The van der Waals surface area contributed by atoms with Gasteiger partial charge in [-0.15, -0.1) is 0 Å². The summed E-state index contributed by atoms with van der Waals surface area (Å²) in [5.74, 6) is -0.710. The first-order chi connectivity index (χ1) is 9.85. The number of halogens is 1. The number of rotatable bonds is 3. The first-order valence-electron chi connectivity index (χ1n) is 5.77. The number of phenols is 1. The number of imide groups is 1. The topological polar surface area (TPSA) is 101 Å². The third-order valence-electron chi connectivity index (χ3n) is 2.76. The van der Waals surface area contributed by atoms with Crippen LogP contribution in [0.4, 0.5) is 10.5 Å². The number of likely N-dealkylation sites (N-methyl/N-ethyl adjacent to an activating group) is 1. The molecule has 0 aliphatic carbocycles. The van der Waals surface area contributed by atoms with Crippen LogP contribution < -0.4 is 0 Å². The Labute approximate surface area is 131 Å². The number of nitro groups is 1. The minimum absolute atomic E-state index is 0.0951. The van der Waals surface area contributed by atoms with E-state index >= 15 is 0 Å². The lowest BCUT2D eigenvalue weighted by atomic mass is 10.1. The first-order valence-corrected chi connectivity index (χ1v) is 7.38. The van der Waals surface area contributed by atoms with Crippen LogP contribution in [-0.4, -0.2) is 32.6 Å². The number of hydrogen-bond acceptors (Lipinski definition) is 6. The molecule has 0 saturated carbocycles. The number of amides is 2. The Morgan fingerprint density at radius 1 is 1.48 bits per heavy atom. The molecule has 0 atom stereocenters. The van der Waals surface area contributed by atoms with E-state index in [1.165, 1.54) is 6.08 Å².